The number of nitrogens with zero attached hydrogens (tertiary/aromatic N) is 3. The number of guanidine groups is 1. The van der Waals surface area contributed by atoms with E-state index < -0.39 is 0 Å². The maximum atomic E-state index is 12.1. The Balaban J connectivity index is 0.00000338. The SMILES string of the molecule is CN=C(NCCN(CCOC)C1CC1)NC1CCN(C(=O)C(C)C)C1.I. The molecule has 0 radical (unpaired) electrons. The highest BCUT2D eigenvalue weighted by Crippen LogP contribution is 2.25. The van der Waals surface area contributed by atoms with Crippen LogP contribution in [0.3, 0.4) is 0 Å². The number of halogens is 1. The molecule has 1 unspecified atom stereocenters. The molecular formula is C18H36IN5O2. The zero-order valence-corrected chi connectivity index (χ0v) is 19.0. The Labute approximate surface area is 175 Å². The molecule has 1 aliphatic carbocycles. The molecule has 8 heteroatoms. The van der Waals surface area contributed by atoms with Gasteiger partial charge in [-0.3, -0.25) is 14.7 Å². The molecule has 152 valence electrons. The van der Waals surface area contributed by atoms with Crippen molar-refractivity contribution in [1.82, 2.24) is 20.4 Å². The van der Waals surface area contributed by atoms with Crippen molar-refractivity contribution in [1.29, 1.82) is 0 Å². The van der Waals surface area contributed by atoms with Crippen molar-refractivity contribution in [2.45, 2.75) is 45.2 Å². The largest absolute Gasteiger partial charge is 0.383 e. The highest BCUT2D eigenvalue weighted by Gasteiger charge is 2.29. The predicted molar refractivity (Wildman–Crippen MR) is 116 cm³/mol. The fraction of sp³-hybridized carbons (Fsp3) is 0.889. The third kappa shape index (κ3) is 7.56. The molecule has 1 saturated heterocycles. The summed E-state index contributed by atoms with van der Waals surface area (Å²) in [4.78, 5) is 20.9. The van der Waals surface area contributed by atoms with Gasteiger partial charge >= 0.3 is 0 Å². The number of likely N-dealkylation sites (tertiary alicyclic amines) is 1. The molecule has 0 aromatic rings. The molecule has 0 bridgehead atoms. The van der Waals surface area contributed by atoms with Crippen LogP contribution in [0.4, 0.5) is 0 Å². The lowest BCUT2D eigenvalue weighted by molar-refractivity contribution is -0.133. The van der Waals surface area contributed by atoms with Crippen LogP contribution < -0.4 is 10.6 Å². The summed E-state index contributed by atoms with van der Waals surface area (Å²) in [6.07, 6.45) is 3.58. The number of ether oxygens (including phenoxy) is 1. The van der Waals surface area contributed by atoms with E-state index >= 15 is 0 Å². The lowest BCUT2D eigenvalue weighted by Gasteiger charge is -2.23. The Kier molecular flexibility index (Phi) is 10.8. The summed E-state index contributed by atoms with van der Waals surface area (Å²) < 4.78 is 5.20. The lowest BCUT2D eigenvalue weighted by Crippen LogP contribution is -2.47. The molecule has 2 aliphatic rings. The molecule has 1 amide bonds. The molecule has 1 atom stereocenters. The van der Waals surface area contributed by atoms with Crippen LogP contribution in [0.5, 0.6) is 0 Å². The molecule has 0 aromatic carbocycles. The second kappa shape index (κ2) is 12.0. The molecule has 1 saturated carbocycles. The number of nitrogens with one attached hydrogen (secondary N) is 2. The first-order chi connectivity index (χ1) is 12.0. The van der Waals surface area contributed by atoms with Crippen LogP contribution in [0.2, 0.25) is 0 Å². The number of aliphatic imine (C=N–C) groups is 1. The van der Waals surface area contributed by atoms with Gasteiger partial charge in [-0.05, 0) is 19.3 Å². The molecule has 2 fully saturated rings. The molecule has 1 aliphatic heterocycles. The van der Waals surface area contributed by atoms with Gasteiger partial charge in [0.1, 0.15) is 0 Å². The van der Waals surface area contributed by atoms with Crippen molar-refractivity contribution >= 4 is 35.8 Å². The van der Waals surface area contributed by atoms with Crippen LogP contribution in [0.1, 0.15) is 33.1 Å². The van der Waals surface area contributed by atoms with E-state index in [-0.39, 0.29) is 41.8 Å². The minimum Gasteiger partial charge on any atom is -0.383 e. The summed E-state index contributed by atoms with van der Waals surface area (Å²) in [7, 11) is 3.55. The van der Waals surface area contributed by atoms with E-state index in [2.05, 4.69) is 20.5 Å². The summed E-state index contributed by atoms with van der Waals surface area (Å²) in [5, 5.41) is 6.86. The third-order valence-electron chi connectivity index (χ3n) is 4.90. The summed E-state index contributed by atoms with van der Waals surface area (Å²) in [6.45, 7) is 9.14. The van der Waals surface area contributed by atoms with E-state index in [9.17, 15) is 4.79 Å². The third-order valence-corrected chi connectivity index (χ3v) is 4.90. The van der Waals surface area contributed by atoms with Crippen molar-refractivity contribution in [3.05, 3.63) is 0 Å². The average molecular weight is 481 g/mol. The zero-order chi connectivity index (χ0) is 18.2. The fourth-order valence-electron chi connectivity index (χ4n) is 3.27. The lowest BCUT2D eigenvalue weighted by atomic mass is 10.2. The first kappa shape index (κ1) is 23.4. The van der Waals surface area contributed by atoms with Gasteiger partial charge in [0.05, 0.1) is 6.61 Å². The van der Waals surface area contributed by atoms with Crippen molar-refractivity contribution in [2.24, 2.45) is 10.9 Å². The van der Waals surface area contributed by atoms with E-state index in [1.54, 1.807) is 14.2 Å². The van der Waals surface area contributed by atoms with E-state index in [1.807, 2.05) is 18.7 Å². The molecule has 0 aromatic heterocycles. The quantitative estimate of drug-likeness (QED) is 0.294. The zero-order valence-electron chi connectivity index (χ0n) is 16.7. The van der Waals surface area contributed by atoms with Crippen LogP contribution in [-0.4, -0.2) is 87.2 Å². The number of rotatable bonds is 9. The van der Waals surface area contributed by atoms with E-state index in [1.165, 1.54) is 12.8 Å². The summed E-state index contributed by atoms with van der Waals surface area (Å²) in [5.41, 5.74) is 0. The molecule has 0 spiro atoms. The maximum Gasteiger partial charge on any atom is 0.225 e. The molecule has 7 nitrogen and oxygen atoms in total. The van der Waals surface area contributed by atoms with Crippen LogP contribution in [0.25, 0.3) is 0 Å². The highest BCUT2D eigenvalue weighted by molar-refractivity contribution is 14.0. The van der Waals surface area contributed by atoms with Crippen LogP contribution >= 0.6 is 24.0 Å². The average Bonchev–Trinajstić information content (AvgIpc) is 3.34. The van der Waals surface area contributed by atoms with Gasteiger partial charge in [0.15, 0.2) is 5.96 Å². The normalized spacial score (nSPS) is 20.5. The van der Waals surface area contributed by atoms with Crippen LogP contribution in [0.15, 0.2) is 4.99 Å². The van der Waals surface area contributed by atoms with E-state index in [0.29, 0.717) is 0 Å². The van der Waals surface area contributed by atoms with Crippen molar-refractivity contribution in [3.8, 4) is 0 Å². The number of carbonyl (C=O) groups is 1. The van der Waals surface area contributed by atoms with Gasteiger partial charge in [-0.1, -0.05) is 13.8 Å². The first-order valence-electron chi connectivity index (χ1n) is 9.54. The number of carbonyl (C=O) groups excluding carboxylic acids is 1. The highest BCUT2D eigenvalue weighted by atomic mass is 127. The molecule has 1 heterocycles. The second-order valence-corrected chi connectivity index (χ2v) is 7.33. The van der Waals surface area contributed by atoms with Gasteiger partial charge in [0.25, 0.3) is 0 Å². The van der Waals surface area contributed by atoms with Gasteiger partial charge in [-0.15, -0.1) is 24.0 Å². The van der Waals surface area contributed by atoms with Gasteiger partial charge in [-0.2, -0.15) is 0 Å². The Morgan fingerprint density at radius 3 is 2.62 bits per heavy atom. The fourth-order valence-corrected chi connectivity index (χ4v) is 3.27. The molecular weight excluding hydrogens is 445 g/mol. The molecule has 26 heavy (non-hydrogen) atoms. The second-order valence-electron chi connectivity index (χ2n) is 7.33. The number of hydrogen-bond acceptors (Lipinski definition) is 4. The smallest absolute Gasteiger partial charge is 0.225 e. The Bertz CT molecular complexity index is 457. The van der Waals surface area contributed by atoms with Gasteiger partial charge < -0.3 is 20.3 Å². The Morgan fingerprint density at radius 1 is 1.31 bits per heavy atom. The minimum absolute atomic E-state index is 0. The summed E-state index contributed by atoms with van der Waals surface area (Å²) in [6, 6.07) is 1.01. The molecule has 2 rings (SSSR count). The van der Waals surface area contributed by atoms with Gasteiger partial charge in [0.2, 0.25) is 5.91 Å². The van der Waals surface area contributed by atoms with Crippen molar-refractivity contribution < 1.29 is 9.53 Å². The monoisotopic (exact) mass is 481 g/mol. The van der Waals surface area contributed by atoms with Crippen molar-refractivity contribution in [2.75, 3.05) is 53.5 Å². The Morgan fingerprint density at radius 2 is 2.04 bits per heavy atom. The van der Waals surface area contributed by atoms with Gasteiger partial charge in [-0.25, -0.2) is 0 Å². The summed E-state index contributed by atoms with van der Waals surface area (Å²) >= 11 is 0. The summed E-state index contributed by atoms with van der Waals surface area (Å²) in [5.74, 6) is 1.13. The number of amides is 1. The van der Waals surface area contributed by atoms with Crippen LogP contribution in [0, 0.1) is 5.92 Å². The number of methoxy groups -OCH3 is 1. The van der Waals surface area contributed by atoms with Crippen LogP contribution in [-0.2, 0) is 9.53 Å². The van der Waals surface area contributed by atoms with E-state index in [0.717, 1.165) is 57.8 Å². The number of hydrogen-bond donors (Lipinski definition) is 2. The predicted octanol–water partition coefficient (Wildman–Crippen LogP) is 1.14. The first-order valence-corrected chi connectivity index (χ1v) is 9.54. The van der Waals surface area contributed by atoms with Gasteiger partial charge in [0, 0.05) is 64.9 Å². The minimum atomic E-state index is 0. The topological polar surface area (TPSA) is 69.2 Å². The molecule has 2 N–H and O–H groups in total. The maximum absolute atomic E-state index is 12.1. The standard InChI is InChI=1S/C18H35N5O2.HI/c1-14(2)17(24)23-9-7-15(13-23)21-18(19-3)20-8-10-22(11-12-25-4)16-5-6-16;/h14-16H,5-13H2,1-4H3,(H2,19,20,21);1H. The van der Waals surface area contributed by atoms with E-state index in [4.69, 9.17) is 4.74 Å². The van der Waals surface area contributed by atoms with Crippen molar-refractivity contribution in [3.63, 3.8) is 0 Å². The Hall–Kier alpha value is -0.610.